The number of hydrogen-bond acceptors (Lipinski definition) is 4. The van der Waals surface area contributed by atoms with Gasteiger partial charge >= 0.3 is 0 Å². The van der Waals surface area contributed by atoms with Crippen molar-refractivity contribution in [1.29, 1.82) is 0 Å². The molecule has 2 heterocycles. The Labute approximate surface area is 127 Å². The smallest absolute Gasteiger partial charge is 0.152 e. The lowest BCUT2D eigenvalue weighted by Gasteiger charge is -2.20. The highest BCUT2D eigenvalue weighted by atomic mass is 32.2. The molecular weight excluding hydrogens is 286 g/mol. The molecule has 5 nitrogen and oxygen atoms in total. The molecule has 21 heavy (non-hydrogen) atoms. The van der Waals surface area contributed by atoms with Crippen LogP contribution < -0.4 is 5.32 Å². The van der Waals surface area contributed by atoms with Crippen molar-refractivity contribution in [3.63, 3.8) is 0 Å². The van der Waals surface area contributed by atoms with E-state index in [4.69, 9.17) is 6.42 Å². The molecule has 1 aliphatic heterocycles. The molecule has 1 aromatic heterocycles. The lowest BCUT2D eigenvalue weighted by atomic mass is 10.1. The first-order valence-electron chi connectivity index (χ1n) is 7.13. The molecule has 1 N–H and O–H groups in total. The van der Waals surface area contributed by atoms with Crippen molar-refractivity contribution in [2.24, 2.45) is 0 Å². The Kier molecular flexibility index (Phi) is 4.18. The molecule has 1 unspecified atom stereocenters. The summed E-state index contributed by atoms with van der Waals surface area (Å²) in [6.07, 6.45) is 6.13. The van der Waals surface area contributed by atoms with Crippen LogP contribution >= 0.6 is 0 Å². The van der Waals surface area contributed by atoms with Gasteiger partial charge in [-0.2, -0.15) is 5.10 Å². The van der Waals surface area contributed by atoms with Gasteiger partial charge in [-0.1, -0.05) is 5.92 Å². The van der Waals surface area contributed by atoms with Crippen molar-refractivity contribution in [2.75, 3.05) is 11.5 Å². The Morgan fingerprint density at radius 2 is 2.14 bits per heavy atom. The second kappa shape index (κ2) is 5.47. The molecule has 0 bridgehead atoms. The third-order valence-corrected chi connectivity index (χ3v) is 5.85. The first-order chi connectivity index (χ1) is 9.65. The van der Waals surface area contributed by atoms with Crippen molar-refractivity contribution in [3.8, 4) is 12.3 Å². The largest absolute Gasteiger partial charge is 0.297 e. The van der Waals surface area contributed by atoms with Crippen molar-refractivity contribution < 1.29 is 8.42 Å². The number of nitrogens with zero attached hydrogens (tertiary/aromatic N) is 2. The van der Waals surface area contributed by atoms with Gasteiger partial charge in [0.25, 0.3) is 0 Å². The Bertz CT molecular complexity index is 681. The van der Waals surface area contributed by atoms with Crippen LogP contribution in [0.3, 0.4) is 0 Å². The Morgan fingerprint density at radius 1 is 1.48 bits per heavy atom. The maximum atomic E-state index is 11.6. The van der Waals surface area contributed by atoms with E-state index in [2.05, 4.69) is 16.3 Å². The Morgan fingerprint density at radius 3 is 2.67 bits per heavy atom. The van der Waals surface area contributed by atoms with E-state index in [9.17, 15) is 8.42 Å². The maximum absolute atomic E-state index is 11.6. The van der Waals surface area contributed by atoms with Crippen LogP contribution in [0, 0.1) is 26.2 Å². The number of terminal acetylenes is 1. The van der Waals surface area contributed by atoms with Gasteiger partial charge in [-0.15, -0.1) is 6.42 Å². The highest BCUT2D eigenvalue weighted by Gasteiger charge is 2.31. The van der Waals surface area contributed by atoms with Crippen molar-refractivity contribution in [1.82, 2.24) is 15.1 Å². The zero-order chi connectivity index (χ0) is 15.8. The number of aromatic nitrogens is 2. The van der Waals surface area contributed by atoms with Crippen LogP contribution in [0.5, 0.6) is 0 Å². The zero-order valence-electron chi connectivity index (χ0n) is 13.1. The lowest BCUT2D eigenvalue weighted by Crippen LogP contribution is -2.37. The van der Waals surface area contributed by atoms with Crippen LogP contribution in [0.25, 0.3) is 0 Å². The summed E-state index contributed by atoms with van der Waals surface area (Å²) in [6, 6.07) is -0.0388. The maximum Gasteiger partial charge on any atom is 0.152 e. The topological polar surface area (TPSA) is 64.0 Å². The molecule has 0 amide bonds. The summed E-state index contributed by atoms with van der Waals surface area (Å²) in [4.78, 5) is 0. The summed E-state index contributed by atoms with van der Waals surface area (Å²) in [5, 5.41) is 7.86. The van der Waals surface area contributed by atoms with Crippen LogP contribution in [0.2, 0.25) is 0 Å². The predicted molar refractivity (Wildman–Crippen MR) is 83.8 cm³/mol. The van der Waals surface area contributed by atoms with Gasteiger partial charge in [0, 0.05) is 17.8 Å². The van der Waals surface area contributed by atoms with Crippen LogP contribution in [-0.2, 0) is 16.4 Å². The molecule has 0 spiro atoms. The molecule has 1 aromatic rings. The molecule has 0 aliphatic carbocycles. The molecule has 0 radical (unpaired) electrons. The molecular formula is C15H23N3O2S. The van der Waals surface area contributed by atoms with E-state index in [0.717, 1.165) is 17.0 Å². The van der Waals surface area contributed by atoms with Gasteiger partial charge in [-0.3, -0.25) is 10.00 Å². The Hall–Kier alpha value is -1.32. The van der Waals surface area contributed by atoms with Crippen LogP contribution in [-0.4, -0.2) is 35.2 Å². The monoisotopic (exact) mass is 309 g/mol. The highest BCUT2D eigenvalue weighted by Crippen LogP contribution is 2.26. The third kappa shape index (κ3) is 3.47. The van der Waals surface area contributed by atoms with Gasteiger partial charge < -0.3 is 0 Å². The summed E-state index contributed by atoms with van der Waals surface area (Å²) >= 11 is 0. The van der Waals surface area contributed by atoms with Gasteiger partial charge in [0.15, 0.2) is 9.84 Å². The standard InChI is InChI=1S/C15H23N3O2S/c1-6-15(4,5)16-9-14-11(2)17-18(12(14)3)13-7-8-21(19,20)10-13/h1,13,16H,7-10H2,2-5H3. The minimum absolute atomic E-state index is 0.0388. The fourth-order valence-electron chi connectivity index (χ4n) is 2.64. The minimum atomic E-state index is -2.91. The second-order valence-corrected chi connectivity index (χ2v) is 8.50. The average Bonchev–Trinajstić information content (AvgIpc) is 2.88. The van der Waals surface area contributed by atoms with Gasteiger partial charge in [0.2, 0.25) is 0 Å². The molecule has 2 rings (SSSR count). The molecule has 116 valence electrons. The SMILES string of the molecule is C#CC(C)(C)NCc1c(C)nn(C2CCS(=O)(=O)C2)c1C. The van der Waals surface area contributed by atoms with E-state index in [-0.39, 0.29) is 23.1 Å². The molecule has 1 fully saturated rings. The number of aryl methyl sites for hydroxylation is 1. The summed E-state index contributed by atoms with van der Waals surface area (Å²) in [7, 11) is -2.91. The summed E-state index contributed by atoms with van der Waals surface area (Å²) in [5.74, 6) is 3.16. The van der Waals surface area contributed by atoms with E-state index < -0.39 is 9.84 Å². The molecule has 1 saturated heterocycles. The molecule has 0 aromatic carbocycles. The van der Waals surface area contributed by atoms with E-state index in [1.54, 1.807) is 0 Å². The fraction of sp³-hybridized carbons (Fsp3) is 0.667. The van der Waals surface area contributed by atoms with E-state index in [1.165, 1.54) is 0 Å². The van der Waals surface area contributed by atoms with E-state index >= 15 is 0 Å². The van der Waals surface area contributed by atoms with Crippen molar-refractivity contribution in [3.05, 3.63) is 17.0 Å². The minimum Gasteiger partial charge on any atom is -0.297 e. The predicted octanol–water partition coefficient (Wildman–Crippen LogP) is 1.36. The number of hydrogen-bond donors (Lipinski definition) is 1. The molecule has 0 saturated carbocycles. The summed E-state index contributed by atoms with van der Waals surface area (Å²) < 4.78 is 25.2. The van der Waals surface area contributed by atoms with E-state index in [0.29, 0.717) is 13.0 Å². The van der Waals surface area contributed by atoms with Gasteiger partial charge in [-0.05, 0) is 34.1 Å². The second-order valence-electron chi connectivity index (χ2n) is 6.27. The molecule has 1 atom stereocenters. The van der Waals surface area contributed by atoms with Gasteiger partial charge in [0.1, 0.15) is 0 Å². The third-order valence-electron chi connectivity index (χ3n) is 4.10. The number of rotatable bonds is 4. The zero-order valence-corrected chi connectivity index (χ0v) is 13.9. The van der Waals surface area contributed by atoms with Gasteiger partial charge in [0.05, 0.1) is 28.8 Å². The molecule has 6 heteroatoms. The van der Waals surface area contributed by atoms with E-state index in [1.807, 2.05) is 32.4 Å². The first-order valence-corrected chi connectivity index (χ1v) is 8.95. The average molecular weight is 309 g/mol. The quantitative estimate of drug-likeness (QED) is 0.853. The summed E-state index contributed by atoms with van der Waals surface area (Å²) in [5.41, 5.74) is 2.67. The van der Waals surface area contributed by atoms with Crippen molar-refractivity contribution >= 4 is 9.84 Å². The highest BCUT2D eigenvalue weighted by molar-refractivity contribution is 7.91. The number of nitrogens with one attached hydrogen (secondary N) is 1. The van der Waals surface area contributed by atoms with Crippen LogP contribution in [0.15, 0.2) is 0 Å². The Balaban J connectivity index is 2.21. The van der Waals surface area contributed by atoms with Crippen LogP contribution in [0.4, 0.5) is 0 Å². The molecule has 1 aliphatic rings. The first kappa shape index (κ1) is 16.1. The van der Waals surface area contributed by atoms with Crippen molar-refractivity contribution in [2.45, 2.75) is 52.2 Å². The van der Waals surface area contributed by atoms with Crippen LogP contribution in [0.1, 0.15) is 43.3 Å². The normalized spacial score (nSPS) is 21.4. The van der Waals surface area contributed by atoms with Gasteiger partial charge in [-0.25, -0.2) is 8.42 Å². The number of sulfone groups is 1. The lowest BCUT2D eigenvalue weighted by molar-refractivity contribution is 0.478. The fourth-order valence-corrected chi connectivity index (χ4v) is 4.33. The summed E-state index contributed by atoms with van der Waals surface area (Å²) in [6.45, 7) is 8.48.